The lowest BCUT2D eigenvalue weighted by Crippen LogP contribution is -2.32. The molecule has 3 rings (SSSR count). The first kappa shape index (κ1) is 19.6. The fourth-order valence-electron chi connectivity index (χ4n) is 2.95. The second kappa shape index (κ2) is 7.09. The van der Waals surface area contributed by atoms with Crippen LogP contribution in [0, 0.1) is 29.7 Å². The van der Waals surface area contributed by atoms with Crippen LogP contribution < -0.4 is 26.8 Å². The molecule has 1 aliphatic heterocycles. The predicted molar refractivity (Wildman–Crippen MR) is 97.3 cm³/mol. The highest BCUT2D eigenvalue weighted by atomic mass is 19.4. The maximum atomic E-state index is 12.7. The summed E-state index contributed by atoms with van der Waals surface area (Å²) in [6, 6.07) is 4.81. The number of fused-ring (bicyclic) bond motifs is 1. The Morgan fingerprint density at radius 1 is 1.24 bits per heavy atom. The molecule has 1 aliphatic rings. The largest absolute Gasteiger partial charge is 0.573 e. The van der Waals surface area contributed by atoms with Crippen molar-refractivity contribution in [3.8, 4) is 18.0 Å². The van der Waals surface area contributed by atoms with Gasteiger partial charge in [-0.2, -0.15) is 10.5 Å². The van der Waals surface area contributed by atoms with Gasteiger partial charge in [-0.05, 0) is 30.2 Å². The SMILES string of the molecule is Cc1cc(OC(F)(F)F)cc(C2N=C(NC#N)Nc3nc(N)c(C#N)c(N)c32)c1. The Morgan fingerprint density at radius 2 is 1.97 bits per heavy atom. The molecule has 1 aromatic carbocycles. The maximum absolute atomic E-state index is 12.7. The van der Waals surface area contributed by atoms with Crippen molar-refractivity contribution in [2.75, 3.05) is 16.8 Å². The smallest absolute Gasteiger partial charge is 0.406 e. The molecule has 0 spiro atoms. The van der Waals surface area contributed by atoms with Crippen molar-refractivity contribution in [3.63, 3.8) is 0 Å². The van der Waals surface area contributed by atoms with Crippen LogP contribution >= 0.6 is 0 Å². The van der Waals surface area contributed by atoms with E-state index >= 15 is 0 Å². The molecule has 1 unspecified atom stereocenters. The quantitative estimate of drug-likeness (QED) is 0.440. The van der Waals surface area contributed by atoms with Crippen LogP contribution in [0.4, 0.5) is 30.5 Å². The van der Waals surface area contributed by atoms with Gasteiger partial charge in [0, 0.05) is 5.56 Å². The summed E-state index contributed by atoms with van der Waals surface area (Å²) < 4.78 is 42.0. The maximum Gasteiger partial charge on any atom is 0.573 e. The number of alkyl halides is 3. The number of nitrogens with two attached hydrogens (primary N) is 2. The van der Waals surface area contributed by atoms with Crippen molar-refractivity contribution in [2.24, 2.45) is 4.99 Å². The summed E-state index contributed by atoms with van der Waals surface area (Å²) in [5.41, 5.74) is 12.7. The first-order valence-corrected chi connectivity index (χ1v) is 7.99. The molecular weight excluding hydrogens is 389 g/mol. The lowest BCUT2D eigenvalue weighted by Gasteiger charge is -2.26. The molecule has 0 saturated carbocycles. The third-order valence-electron chi connectivity index (χ3n) is 3.98. The Kier molecular flexibility index (Phi) is 4.78. The van der Waals surface area contributed by atoms with E-state index in [1.54, 1.807) is 19.2 Å². The number of benzene rings is 1. The lowest BCUT2D eigenvalue weighted by atomic mass is 9.94. The number of ether oxygens (including phenoxy) is 1. The fraction of sp³-hybridized carbons (Fsp3) is 0.176. The molecule has 0 bridgehead atoms. The molecule has 1 atom stereocenters. The van der Waals surface area contributed by atoms with Crippen LogP contribution in [-0.2, 0) is 0 Å². The molecule has 0 amide bonds. The van der Waals surface area contributed by atoms with Crippen LogP contribution in [0.3, 0.4) is 0 Å². The number of aromatic nitrogens is 1. The molecule has 6 N–H and O–H groups in total. The summed E-state index contributed by atoms with van der Waals surface area (Å²) >= 11 is 0. The molecule has 0 fully saturated rings. The van der Waals surface area contributed by atoms with Crippen molar-refractivity contribution < 1.29 is 17.9 Å². The van der Waals surface area contributed by atoms with E-state index in [1.807, 2.05) is 6.07 Å². The lowest BCUT2D eigenvalue weighted by molar-refractivity contribution is -0.274. The van der Waals surface area contributed by atoms with Gasteiger partial charge in [0.15, 0.2) is 6.19 Å². The van der Waals surface area contributed by atoms with Gasteiger partial charge in [-0.25, -0.2) is 9.98 Å². The number of aryl methyl sites for hydroxylation is 1. The number of hydrogen-bond donors (Lipinski definition) is 4. The number of nitrogen functional groups attached to an aromatic ring is 2. The zero-order valence-corrected chi connectivity index (χ0v) is 14.8. The highest BCUT2D eigenvalue weighted by Gasteiger charge is 2.33. The molecule has 12 heteroatoms. The second-order valence-corrected chi connectivity index (χ2v) is 6.03. The summed E-state index contributed by atoms with van der Waals surface area (Å²) in [5.74, 6) is -0.476. The second-order valence-electron chi connectivity index (χ2n) is 6.03. The van der Waals surface area contributed by atoms with Crippen molar-refractivity contribution in [1.29, 1.82) is 10.5 Å². The third-order valence-corrected chi connectivity index (χ3v) is 3.98. The van der Waals surface area contributed by atoms with E-state index in [2.05, 4.69) is 25.3 Å². The summed E-state index contributed by atoms with van der Waals surface area (Å²) in [6.07, 6.45) is -3.19. The Labute approximate surface area is 162 Å². The molecule has 2 heterocycles. The van der Waals surface area contributed by atoms with Gasteiger partial charge in [0.1, 0.15) is 35.1 Å². The Morgan fingerprint density at radius 3 is 2.59 bits per heavy atom. The fourth-order valence-corrected chi connectivity index (χ4v) is 2.95. The topological polar surface area (TPSA) is 158 Å². The van der Waals surface area contributed by atoms with Crippen LogP contribution in [0.2, 0.25) is 0 Å². The van der Waals surface area contributed by atoms with Crippen LogP contribution in [0.5, 0.6) is 5.75 Å². The summed E-state index contributed by atoms with van der Waals surface area (Å²) in [4.78, 5) is 8.37. The summed E-state index contributed by atoms with van der Waals surface area (Å²) in [7, 11) is 0. The normalized spacial score (nSPS) is 15.2. The first-order valence-electron chi connectivity index (χ1n) is 7.99. The molecule has 29 heavy (non-hydrogen) atoms. The van der Waals surface area contributed by atoms with E-state index in [-0.39, 0.29) is 40.0 Å². The van der Waals surface area contributed by atoms with Crippen LogP contribution in [0.25, 0.3) is 0 Å². The third kappa shape index (κ3) is 3.91. The number of guanidine groups is 1. The average Bonchev–Trinajstić information content (AvgIpc) is 2.59. The minimum Gasteiger partial charge on any atom is -0.406 e. The van der Waals surface area contributed by atoms with Gasteiger partial charge in [-0.15, -0.1) is 13.2 Å². The number of aliphatic imine (C=N–C) groups is 1. The highest BCUT2D eigenvalue weighted by Crippen LogP contribution is 2.41. The van der Waals surface area contributed by atoms with E-state index < -0.39 is 18.2 Å². The number of halogens is 3. The van der Waals surface area contributed by atoms with Crippen LogP contribution in [0.15, 0.2) is 23.2 Å². The molecule has 0 radical (unpaired) electrons. The van der Waals surface area contributed by atoms with Gasteiger partial charge in [0.05, 0.1) is 5.69 Å². The van der Waals surface area contributed by atoms with Crippen molar-refractivity contribution in [3.05, 3.63) is 40.5 Å². The number of nitrogens with one attached hydrogen (secondary N) is 2. The zero-order chi connectivity index (χ0) is 21.3. The Bertz CT molecular complexity index is 1100. The average molecular weight is 402 g/mol. The number of hydrogen-bond acceptors (Lipinski definition) is 9. The van der Waals surface area contributed by atoms with Gasteiger partial charge >= 0.3 is 6.36 Å². The molecule has 0 saturated heterocycles. The van der Waals surface area contributed by atoms with E-state index in [0.29, 0.717) is 5.56 Å². The van der Waals surface area contributed by atoms with Crippen molar-refractivity contribution >= 4 is 23.3 Å². The van der Waals surface area contributed by atoms with Crippen molar-refractivity contribution in [1.82, 2.24) is 10.3 Å². The molecule has 148 valence electrons. The number of anilines is 3. The summed E-state index contributed by atoms with van der Waals surface area (Å²) in [6.45, 7) is 1.58. The van der Waals surface area contributed by atoms with Gasteiger partial charge in [-0.1, -0.05) is 6.07 Å². The van der Waals surface area contributed by atoms with E-state index in [0.717, 1.165) is 6.07 Å². The van der Waals surface area contributed by atoms with E-state index in [1.165, 1.54) is 6.07 Å². The van der Waals surface area contributed by atoms with Gasteiger partial charge in [0.2, 0.25) is 5.96 Å². The van der Waals surface area contributed by atoms with Crippen LogP contribution in [-0.4, -0.2) is 17.3 Å². The summed E-state index contributed by atoms with van der Waals surface area (Å²) in [5, 5.41) is 23.2. The number of nitrogens with zero attached hydrogens (tertiary/aromatic N) is 4. The molecule has 1 aromatic heterocycles. The van der Waals surface area contributed by atoms with Crippen LogP contribution in [0.1, 0.15) is 28.3 Å². The Balaban J connectivity index is 2.22. The monoisotopic (exact) mass is 402 g/mol. The number of rotatable bonds is 2. The Hall–Kier alpha value is -4.19. The van der Waals surface area contributed by atoms with Crippen molar-refractivity contribution in [2.45, 2.75) is 19.3 Å². The zero-order valence-electron chi connectivity index (χ0n) is 14.8. The predicted octanol–water partition coefficient (Wildman–Crippen LogP) is 2.27. The number of nitriles is 2. The van der Waals surface area contributed by atoms with E-state index in [4.69, 9.17) is 16.7 Å². The molecule has 2 aromatic rings. The first-order chi connectivity index (χ1) is 13.6. The van der Waals surface area contributed by atoms with Gasteiger partial charge in [-0.3, -0.25) is 5.32 Å². The standard InChI is InChI=1S/C17H13F3N8O/c1-7-2-8(4-9(3-7)29-17(18,19)20)13-11-12(23)10(5-21)14(24)27-15(11)28-16(26-13)25-6-22/h2-4,13H,1H3,(H6,23,24,25,26,27,28). The van der Waals surface area contributed by atoms with Gasteiger partial charge in [0.25, 0.3) is 0 Å². The highest BCUT2D eigenvalue weighted by molar-refractivity contribution is 5.98. The minimum absolute atomic E-state index is 0.0131. The van der Waals surface area contributed by atoms with E-state index in [9.17, 15) is 18.4 Å². The number of pyridine rings is 1. The molecular formula is C17H13F3N8O. The van der Waals surface area contributed by atoms with Gasteiger partial charge < -0.3 is 21.5 Å². The molecule has 0 aliphatic carbocycles. The minimum atomic E-state index is -4.88. The molecule has 9 nitrogen and oxygen atoms in total.